The smallest absolute Gasteiger partial charge is 0.129 e. The molecule has 22 heavy (non-hydrogen) atoms. The van der Waals surface area contributed by atoms with Gasteiger partial charge in [0, 0.05) is 36.3 Å². The minimum Gasteiger partial charge on any atom is -0.396 e. The van der Waals surface area contributed by atoms with Gasteiger partial charge in [0.25, 0.3) is 0 Å². The molecule has 1 aromatic carbocycles. The van der Waals surface area contributed by atoms with Gasteiger partial charge in [-0.05, 0) is 24.0 Å². The molecule has 3 N–H and O–H groups in total. The van der Waals surface area contributed by atoms with Crippen molar-refractivity contribution in [3.63, 3.8) is 0 Å². The summed E-state index contributed by atoms with van der Waals surface area (Å²) in [5.41, 5.74) is 3.92. The van der Waals surface area contributed by atoms with Crippen LogP contribution in [-0.2, 0) is 6.42 Å². The average molecular weight is 297 g/mol. The lowest BCUT2D eigenvalue weighted by atomic mass is 9.74. The molecular weight excluding hydrogens is 272 g/mol. The Morgan fingerprint density at radius 2 is 2.23 bits per heavy atom. The van der Waals surface area contributed by atoms with Gasteiger partial charge in [-0.15, -0.1) is 6.58 Å². The van der Waals surface area contributed by atoms with E-state index in [4.69, 9.17) is 0 Å². The lowest BCUT2D eigenvalue weighted by Gasteiger charge is -2.46. The Kier molecular flexibility index (Phi) is 3.55. The van der Waals surface area contributed by atoms with Gasteiger partial charge in [-0.2, -0.15) is 0 Å². The summed E-state index contributed by atoms with van der Waals surface area (Å²) >= 11 is 0. The molecule has 4 atom stereocenters. The summed E-state index contributed by atoms with van der Waals surface area (Å²) in [5.74, 6) is 1.47. The normalized spacial score (nSPS) is 30.8. The highest BCUT2D eigenvalue weighted by Gasteiger charge is 2.44. The molecule has 0 radical (unpaired) electrons. The summed E-state index contributed by atoms with van der Waals surface area (Å²) in [6.45, 7) is 6.73. The maximum absolute atomic E-state index is 9.50. The van der Waals surface area contributed by atoms with Crippen LogP contribution >= 0.6 is 0 Å². The van der Waals surface area contributed by atoms with E-state index in [0.29, 0.717) is 12.0 Å². The molecule has 116 valence electrons. The number of aliphatic hydroxyl groups excluding tert-OH is 1. The molecule has 1 aromatic heterocycles. The van der Waals surface area contributed by atoms with E-state index in [9.17, 15) is 5.11 Å². The van der Waals surface area contributed by atoms with E-state index in [2.05, 4.69) is 41.9 Å². The van der Waals surface area contributed by atoms with E-state index in [1.807, 2.05) is 0 Å². The van der Waals surface area contributed by atoms with Crippen molar-refractivity contribution in [3.8, 4) is 0 Å². The van der Waals surface area contributed by atoms with Crippen molar-refractivity contribution in [1.29, 1.82) is 0 Å². The molecule has 3 heteroatoms. The highest BCUT2D eigenvalue weighted by molar-refractivity contribution is 5.84. The summed E-state index contributed by atoms with van der Waals surface area (Å²) < 4.78 is 0. The Hall–Kier alpha value is -1.58. The number of benzene rings is 1. The van der Waals surface area contributed by atoms with Crippen molar-refractivity contribution in [2.45, 2.75) is 25.3 Å². The number of fused-ring (bicyclic) bond motifs is 4. The fraction of sp³-hybridized carbons (Fsp3) is 0.474. The number of quaternary nitrogens is 1. The summed E-state index contributed by atoms with van der Waals surface area (Å²) in [4.78, 5) is 5.37. The molecule has 3 aliphatic heterocycles. The average Bonchev–Trinajstić information content (AvgIpc) is 2.94. The van der Waals surface area contributed by atoms with Crippen LogP contribution in [0.3, 0.4) is 0 Å². The van der Waals surface area contributed by atoms with E-state index in [-0.39, 0.29) is 6.61 Å². The zero-order valence-corrected chi connectivity index (χ0v) is 13.0. The second-order valence-corrected chi connectivity index (χ2v) is 6.89. The summed E-state index contributed by atoms with van der Waals surface area (Å²) in [7, 11) is 0. The molecule has 0 saturated carbocycles. The van der Waals surface area contributed by atoms with Gasteiger partial charge in [0.2, 0.25) is 0 Å². The van der Waals surface area contributed by atoms with Crippen molar-refractivity contribution >= 4 is 10.9 Å². The number of H-pyrrole nitrogens is 1. The number of nitrogens with one attached hydrogen (secondary N) is 2. The molecule has 4 heterocycles. The number of rotatable bonds is 4. The zero-order valence-electron chi connectivity index (χ0n) is 13.0. The Morgan fingerprint density at radius 3 is 2.95 bits per heavy atom. The van der Waals surface area contributed by atoms with Crippen LogP contribution in [0.25, 0.3) is 10.9 Å². The first-order valence-electron chi connectivity index (χ1n) is 8.49. The Bertz CT molecular complexity index is 690. The molecule has 3 aliphatic rings. The van der Waals surface area contributed by atoms with Crippen LogP contribution in [0.15, 0.2) is 36.9 Å². The minimum absolute atomic E-state index is 0.218. The third kappa shape index (κ3) is 2.11. The molecule has 2 bridgehead atoms. The number of piperidine rings is 3. The second kappa shape index (κ2) is 5.56. The Balaban J connectivity index is 1.75. The van der Waals surface area contributed by atoms with E-state index in [1.54, 1.807) is 4.90 Å². The van der Waals surface area contributed by atoms with Crippen molar-refractivity contribution in [1.82, 2.24) is 4.98 Å². The van der Waals surface area contributed by atoms with Gasteiger partial charge in [0.15, 0.2) is 0 Å². The molecule has 5 rings (SSSR count). The van der Waals surface area contributed by atoms with Gasteiger partial charge in [-0.1, -0.05) is 24.3 Å². The molecule has 1 unspecified atom stereocenters. The van der Waals surface area contributed by atoms with Crippen LogP contribution in [0.2, 0.25) is 0 Å². The van der Waals surface area contributed by atoms with Crippen molar-refractivity contribution in [2.24, 2.45) is 11.8 Å². The molecule has 2 aromatic rings. The molecule has 3 fully saturated rings. The third-order valence-electron chi connectivity index (χ3n) is 5.83. The van der Waals surface area contributed by atoms with Crippen molar-refractivity contribution in [3.05, 3.63) is 48.2 Å². The first-order valence-corrected chi connectivity index (χ1v) is 8.49. The molecule has 0 amide bonds. The van der Waals surface area contributed by atoms with Gasteiger partial charge in [0.05, 0.1) is 18.8 Å². The SMILES string of the molecule is C=C[C@H]1C[NH+]2CC[C@H]1C[C@H]2c1[nH]c2ccccc2c1CCO. The van der Waals surface area contributed by atoms with Crippen molar-refractivity contribution < 1.29 is 10.0 Å². The monoisotopic (exact) mass is 297 g/mol. The zero-order chi connectivity index (χ0) is 15.1. The number of hydrogen-bond acceptors (Lipinski definition) is 1. The maximum Gasteiger partial charge on any atom is 0.129 e. The lowest BCUT2D eigenvalue weighted by molar-refractivity contribution is -0.952. The second-order valence-electron chi connectivity index (χ2n) is 6.89. The van der Waals surface area contributed by atoms with Gasteiger partial charge in [0.1, 0.15) is 6.04 Å². The molecular formula is C19H25N2O+. The van der Waals surface area contributed by atoms with Gasteiger partial charge >= 0.3 is 0 Å². The van der Waals surface area contributed by atoms with Crippen LogP contribution < -0.4 is 4.90 Å². The molecule has 3 nitrogen and oxygen atoms in total. The standard InChI is InChI=1S/C19H24N2O/c1-2-13-12-21-9-7-14(13)11-18(21)19-16(8-10-22)15-5-3-4-6-17(15)20-19/h2-6,13-14,18,20,22H,1,7-12H2/p+1/t13-,14-,18-/m0/s1. The molecule has 0 aliphatic carbocycles. The Morgan fingerprint density at radius 1 is 1.36 bits per heavy atom. The Labute approximate surface area is 131 Å². The summed E-state index contributed by atoms with van der Waals surface area (Å²) in [6, 6.07) is 9.06. The minimum atomic E-state index is 0.218. The van der Waals surface area contributed by atoms with Crippen LogP contribution in [0.1, 0.15) is 30.1 Å². The summed E-state index contributed by atoms with van der Waals surface area (Å²) in [6.07, 6.45) is 5.49. The van der Waals surface area contributed by atoms with Gasteiger partial charge in [-0.25, -0.2) is 0 Å². The van der Waals surface area contributed by atoms with E-state index < -0.39 is 0 Å². The fourth-order valence-corrected chi connectivity index (χ4v) is 4.73. The third-order valence-corrected chi connectivity index (χ3v) is 5.83. The highest BCUT2D eigenvalue weighted by Crippen LogP contribution is 2.36. The first-order chi connectivity index (χ1) is 10.8. The number of hydrogen-bond donors (Lipinski definition) is 3. The first kappa shape index (κ1) is 14.0. The molecule has 3 saturated heterocycles. The topological polar surface area (TPSA) is 40.5 Å². The van der Waals surface area contributed by atoms with E-state index >= 15 is 0 Å². The quantitative estimate of drug-likeness (QED) is 0.741. The molecule has 0 spiro atoms. The number of aromatic nitrogens is 1. The van der Waals surface area contributed by atoms with Crippen LogP contribution in [0.4, 0.5) is 0 Å². The largest absolute Gasteiger partial charge is 0.396 e. The predicted molar refractivity (Wildman–Crippen MR) is 88.9 cm³/mol. The number of aromatic amines is 1. The lowest BCUT2D eigenvalue weighted by Crippen LogP contribution is -3.16. The van der Waals surface area contributed by atoms with Crippen LogP contribution in [-0.4, -0.2) is 29.8 Å². The predicted octanol–water partition coefficient (Wildman–Crippen LogP) is 1.85. The van der Waals surface area contributed by atoms with Gasteiger partial charge < -0.3 is 15.0 Å². The van der Waals surface area contributed by atoms with E-state index in [0.717, 1.165) is 12.3 Å². The van der Waals surface area contributed by atoms with Crippen LogP contribution in [0.5, 0.6) is 0 Å². The number of para-hydroxylation sites is 1. The van der Waals surface area contributed by atoms with Crippen LogP contribution in [0, 0.1) is 11.8 Å². The highest BCUT2D eigenvalue weighted by atomic mass is 16.2. The summed E-state index contributed by atoms with van der Waals surface area (Å²) in [5, 5.41) is 10.8. The number of aliphatic hydroxyl groups is 1. The van der Waals surface area contributed by atoms with Crippen molar-refractivity contribution in [2.75, 3.05) is 19.7 Å². The fourth-order valence-electron chi connectivity index (χ4n) is 4.73. The maximum atomic E-state index is 9.50. The van der Waals surface area contributed by atoms with Gasteiger partial charge in [-0.3, -0.25) is 0 Å². The van der Waals surface area contributed by atoms with E-state index in [1.165, 1.54) is 48.1 Å².